The molecule has 48 heavy (non-hydrogen) atoms. The number of hydrogen-bond donors (Lipinski definition) is 2. The van der Waals surface area contributed by atoms with Crippen LogP contribution in [0, 0.1) is 12.7 Å². The maximum Gasteiger partial charge on any atom is 0.200 e. The van der Waals surface area contributed by atoms with E-state index >= 15 is 0 Å². The number of fused-ring (bicyclic) bond motifs is 2. The quantitative estimate of drug-likeness (QED) is 0.121. The summed E-state index contributed by atoms with van der Waals surface area (Å²) in [5.74, 6) is 2.59. The molecular formula is C38H38FN5O4. The fourth-order valence-corrected chi connectivity index (χ4v) is 5.70. The zero-order chi connectivity index (χ0) is 33.6. The lowest BCUT2D eigenvalue weighted by atomic mass is 10.0. The maximum absolute atomic E-state index is 13.6. The highest BCUT2D eigenvalue weighted by molar-refractivity contribution is 5.93. The van der Waals surface area contributed by atoms with Crippen molar-refractivity contribution in [1.82, 2.24) is 19.9 Å². The van der Waals surface area contributed by atoms with Crippen LogP contribution in [-0.4, -0.2) is 53.2 Å². The van der Waals surface area contributed by atoms with E-state index in [0.29, 0.717) is 57.5 Å². The van der Waals surface area contributed by atoms with Crippen molar-refractivity contribution in [3.63, 3.8) is 0 Å². The van der Waals surface area contributed by atoms with Crippen LogP contribution in [0.15, 0.2) is 90.1 Å². The van der Waals surface area contributed by atoms with Crippen molar-refractivity contribution < 1.29 is 18.6 Å². The Labute approximate surface area is 278 Å². The van der Waals surface area contributed by atoms with E-state index in [9.17, 15) is 9.18 Å². The lowest BCUT2D eigenvalue weighted by Crippen LogP contribution is -2.25. The van der Waals surface area contributed by atoms with Crippen molar-refractivity contribution >= 4 is 33.3 Å². The number of H-pyrrole nitrogens is 1. The summed E-state index contributed by atoms with van der Waals surface area (Å²) < 4.78 is 31.7. The van der Waals surface area contributed by atoms with Gasteiger partial charge < -0.3 is 29.4 Å². The molecule has 0 aliphatic carbocycles. The minimum absolute atomic E-state index is 0.212. The van der Waals surface area contributed by atoms with Crippen molar-refractivity contribution in [2.45, 2.75) is 27.2 Å². The number of ether oxygens (including phenoxy) is 3. The van der Waals surface area contributed by atoms with Gasteiger partial charge >= 0.3 is 0 Å². The first-order valence-corrected chi connectivity index (χ1v) is 16.0. The summed E-state index contributed by atoms with van der Waals surface area (Å²) in [5.41, 5.74) is 3.79. The summed E-state index contributed by atoms with van der Waals surface area (Å²) >= 11 is 0. The number of nitrogens with zero attached hydrogens (tertiary/aromatic N) is 3. The molecule has 0 aliphatic rings. The van der Waals surface area contributed by atoms with E-state index < -0.39 is 0 Å². The van der Waals surface area contributed by atoms with E-state index in [1.165, 1.54) is 12.1 Å². The molecule has 6 rings (SSSR count). The first kappa shape index (κ1) is 32.5. The van der Waals surface area contributed by atoms with Crippen molar-refractivity contribution in [1.29, 1.82) is 0 Å². The molecule has 9 nitrogen and oxygen atoms in total. The highest BCUT2D eigenvalue weighted by Gasteiger charge is 2.15. The molecule has 0 fully saturated rings. The van der Waals surface area contributed by atoms with Crippen LogP contribution in [0.4, 0.5) is 15.9 Å². The van der Waals surface area contributed by atoms with E-state index in [1.807, 2.05) is 43.3 Å². The molecule has 0 aliphatic heterocycles. The van der Waals surface area contributed by atoms with Crippen LogP contribution < -0.4 is 25.0 Å². The highest BCUT2D eigenvalue weighted by atomic mass is 19.1. The lowest BCUT2D eigenvalue weighted by molar-refractivity contribution is 0.243. The molecule has 3 aromatic carbocycles. The second kappa shape index (κ2) is 14.5. The predicted molar refractivity (Wildman–Crippen MR) is 188 cm³/mol. The lowest BCUT2D eigenvalue weighted by Gasteiger charge is -2.18. The van der Waals surface area contributed by atoms with Gasteiger partial charge in [0, 0.05) is 47.8 Å². The van der Waals surface area contributed by atoms with Crippen LogP contribution in [-0.2, 0) is 0 Å². The molecule has 0 spiro atoms. The van der Waals surface area contributed by atoms with Gasteiger partial charge in [0.25, 0.3) is 0 Å². The summed E-state index contributed by atoms with van der Waals surface area (Å²) in [6.45, 7) is 9.86. The third-order valence-electron chi connectivity index (χ3n) is 8.37. The van der Waals surface area contributed by atoms with Gasteiger partial charge in [0.15, 0.2) is 11.5 Å². The van der Waals surface area contributed by atoms with Gasteiger partial charge in [0.2, 0.25) is 5.43 Å². The zero-order valence-electron chi connectivity index (χ0n) is 27.5. The smallest absolute Gasteiger partial charge is 0.200 e. The summed E-state index contributed by atoms with van der Waals surface area (Å²) in [7, 11) is 1.62. The van der Waals surface area contributed by atoms with Gasteiger partial charge in [0.1, 0.15) is 23.1 Å². The number of aryl methyl sites for hydroxylation is 1. The number of aromatic amines is 1. The second-order valence-corrected chi connectivity index (χ2v) is 11.4. The van der Waals surface area contributed by atoms with Gasteiger partial charge in [-0.25, -0.2) is 9.37 Å². The zero-order valence-corrected chi connectivity index (χ0v) is 27.5. The van der Waals surface area contributed by atoms with Crippen LogP contribution in [0.3, 0.4) is 0 Å². The number of benzene rings is 3. The molecule has 0 unspecified atom stereocenters. The summed E-state index contributed by atoms with van der Waals surface area (Å²) in [6.07, 6.45) is 5.89. The molecule has 0 bridgehead atoms. The molecule has 0 saturated heterocycles. The molecule has 3 heterocycles. The number of methoxy groups -OCH3 is 1. The Morgan fingerprint density at radius 3 is 2.44 bits per heavy atom. The first-order valence-electron chi connectivity index (χ1n) is 16.0. The van der Waals surface area contributed by atoms with E-state index in [-0.39, 0.29) is 11.2 Å². The van der Waals surface area contributed by atoms with E-state index in [4.69, 9.17) is 14.2 Å². The van der Waals surface area contributed by atoms with Crippen molar-refractivity contribution in [2.24, 2.45) is 0 Å². The maximum atomic E-state index is 13.6. The SMILES string of the molecule is CCN(CC)CCCOc1cc2nccc(Oc3ccc(Nc4nccc5[nH]cc(-c6ccc(F)cc6)c(=O)c45)cc3C)c2cc1OC. The van der Waals surface area contributed by atoms with E-state index in [1.54, 1.807) is 43.9 Å². The number of hydrogen-bond acceptors (Lipinski definition) is 8. The summed E-state index contributed by atoms with van der Waals surface area (Å²) in [4.78, 5) is 28.2. The van der Waals surface area contributed by atoms with Crippen LogP contribution in [0.5, 0.6) is 23.0 Å². The Kier molecular flexibility index (Phi) is 9.82. The number of aromatic nitrogens is 3. The Bertz CT molecular complexity index is 2110. The third-order valence-corrected chi connectivity index (χ3v) is 8.37. The minimum Gasteiger partial charge on any atom is -0.493 e. The van der Waals surface area contributed by atoms with Crippen molar-refractivity contribution in [3.05, 3.63) is 107 Å². The van der Waals surface area contributed by atoms with Crippen LogP contribution in [0.2, 0.25) is 0 Å². The van der Waals surface area contributed by atoms with E-state index in [0.717, 1.165) is 48.2 Å². The topological polar surface area (TPSA) is 102 Å². The highest BCUT2D eigenvalue weighted by Crippen LogP contribution is 2.38. The fraction of sp³-hybridized carbons (Fsp3) is 0.237. The van der Waals surface area contributed by atoms with Crippen molar-refractivity contribution in [2.75, 3.05) is 38.7 Å². The molecule has 3 aromatic heterocycles. The van der Waals surface area contributed by atoms with Crippen LogP contribution in [0.25, 0.3) is 32.9 Å². The second-order valence-electron chi connectivity index (χ2n) is 11.4. The molecule has 0 atom stereocenters. The Hall–Kier alpha value is -5.48. The fourth-order valence-electron chi connectivity index (χ4n) is 5.70. The number of pyridine rings is 3. The average Bonchev–Trinajstić information content (AvgIpc) is 3.10. The Morgan fingerprint density at radius 2 is 1.69 bits per heavy atom. The van der Waals surface area contributed by atoms with Crippen LogP contribution >= 0.6 is 0 Å². The number of halogens is 1. The molecular weight excluding hydrogens is 609 g/mol. The Morgan fingerprint density at radius 1 is 0.896 bits per heavy atom. The van der Waals surface area contributed by atoms with Gasteiger partial charge in [-0.3, -0.25) is 9.78 Å². The monoisotopic (exact) mass is 647 g/mol. The largest absolute Gasteiger partial charge is 0.493 e. The van der Waals surface area contributed by atoms with Gasteiger partial charge in [-0.05, 0) is 86.1 Å². The standard InChI is InChI=1S/C38H38FN5O4/c1-5-44(6-2)18-7-19-47-35-22-31-28(21-34(35)46-4)33(15-17-40-31)48-32-13-12-27(20-24(32)3)43-38-36-30(14-16-41-38)42-23-29(37(36)45)25-8-10-26(39)11-9-25/h8-17,20-23H,5-7,18-19H2,1-4H3,(H,41,43)(H,42,45). The van der Waals surface area contributed by atoms with Gasteiger partial charge in [-0.2, -0.15) is 0 Å². The molecule has 0 saturated carbocycles. The molecule has 246 valence electrons. The summed E-state index contributed by atoms with van der Waals surface area (Å²) in [5, 5.41) is 4.50. The van der Waals surface area contributed by atoms with Gasteiger partial charge in [-0.1, -0.05) is 26.0 Å². The predicted octanol–water partition coefficient (Wildman–Crippen LogP) is 8.24. The molecule has 6 aromatic rings. The normalized spacial score (nSPS) is 11.3. The molecule has 0 amide bonds. The minimum atomic E-state index is -0.365. The third kappa shape index (κ3) is 6.94. The first-order chi connectivity index (χ1) is 23.4. The van der Waals surface area contributed by atoms with Gasteiger partial charge in [0.05, 0.1) is 30.1 Å². The Balaban J connectivity index is 1.23. The number of nitrogens with one attached hydrogen (secondary N) is 2. The molecule has 0 radical (unpaired) electrons. The average molecular weight is 648 g/mol. The van der Waals surface area contributed by atoms with Gasteiger partial charge in [-0.15, -0.1) is 0 Å². The molecule has 2 N–H and O–H groups in total. The van der Waals surface area contributed by atoms with E-state index in [2.05, 4.69) is 39.0 Å². The molecule has 10 heteroatoms. The number of anilines is 2. The summed E-state index contributed by atoms with van der Waals surface area (Å²) in [6, 6.07) is 18.9. The number of rotatable bonds is 13. The van der Waals surface area contributed by atoms with Crippen molar-refractivity contribution in [3.8, 4) is 34.1 Å². The van der Waals surface area contributed by atoms with Crippen LogP contribution in [0.1, 0.15) is 25.8 Å².